The molecule has 0 saturated carbocycles. The van der Waals surface area contributed by atoms with Gasteiger partial charge >= 0.3 is 0 Å². The number of hydrogen-bond donors (Lipinski definition) is 2. The molecular formula is C14H22N2O. The van der Waals surface area contributed by atoms with Crippen molar-refractivity contribution < 1.29 is 4.74 Å². The van der Waals surface area contributed by atoms with Crippen molar-refractivity contribution >= 4 is 0 Å². The van der Waals surface area contributed by atoms with Crippen LogP contribution in [0.3, 0.4) is 0 Å². The zero-order valence-corrected chi connectivity index (χ0v) is 10.3. The van der Waals surface area contributed by atoms with Gasteiger partial charge in [-0.05, 0) is 17.9 Å². The van der Waals surface area contributed by atoms with Gasteiger partial charge in [0.05, 0.1) is 6.61 Å². The number of benzene rings is 1. The van der Waals surface area contributed by atoms with E-state index in [9.17, 15) is 0 Å². The van der Waals surface area contributed by atoms with Gasteiger partial charge in [0.1, 0.15) is 0 Å². The summed E-state index contributed by atoms with van der Waals surface area (Å²) in [5, 5.41) is 3.52. The molecule has 2 unspecified atom stereocenters. The summed E-state index contributed by atoms with van der Waals surface area (Å²) in [6, 6.07) is 10.5. The Bertz CT molecular complexity index is 309. The molecule has 0 spiro atoms. The second kappa shape index (κ2) is 6.74. The van der Waals surface area contributed by atoms with Crippen molar-refractivity contribution in [1.29, 1.82) is 0 Å². The van der Waals surface area contributed by atoms with E-state index in [4.69, 9.17) is 10.5 Å². The van der Waals surface area contributed by atoms with Crippen LogP contribution in [0.15, 0.2) is 30.3 Å². The van der Waals surface area contributed by atoms with E-state index in [2.05, 4.69) is 29.6 Å². The molecule has 0 aliphatic carbocycles. The third-order valence-corrected chi connectivity index (χ3v) is 3.40. The number of hydrogen-bond acceptors (Lipinski definition) is 3. The van der Waals surface area contributed by atoms with Crippen LogP contribution in [0.5, 0.6) is 0 Å². The zero-order chi connectivity index (χ0) is 11.9. The Balaban J connectivity index is 1.75. The molecule has 1 heterocycles. The summed E-state index contributed by atoms with van der Waals surface area (Å²) in [6.07, 6.45) is 1.19. The van der Waals surface area contributed by atoms with Crippen LogP contribution < -0.4 is 11.1 Å². The molecule has 2 atom stereocenters. The lowest BCUT2D eigenvalue weighted by atomic mass is 9.99. The van der Waals surface area contributed by atoms with Crippen molar-refractivity contribution in [2.45, 2.75) is 12.3 Å². The smallest absolute Gasteiger partial charge is 0.0507 e. The Morgan fingerprint density at radius 3 is 2.82 bits per heavy atom. The van der Waals surface area contributed by atoms with E-state index in [1.165, 1.54) is 12.0 Å². The normalized spacial score (nSPS) is 21.6. The van der Waals surface area contributed by atoms with E-state index in [1.807, 2.05) is 6.07 Å². The summed E-state index contributed by atoms with van der Waals surface area (Å²) < 4.78 is 5.36. The highest BCUT2D eigenvalue weighted by molar-refractivity contribution is 5.20. The third kappa shape index (κ3) is 3.80. The highest BCUT2D eigenvalue weighted by Crippen LogP contribution is 2.14. The second-order valence-corrected chi connectivity index (χ2v) is 4.73. The van der Waals surface area contributed by atoms with E-state index in [-0.39, 0.29) is 0 Å². The van der Waals surface area contributed by atoms with Gasteiger partial charge in [-0.1, -0.05) is 30.3 Å². The van der Waals surface area contributed by atoms with Gasteiger partial charge in [0, 0.05) is 32.2 Å². The SMILES string of the molecule is NCC(CNCC1CCOC1)c1ccccc1. The van der Waals surface area contributed by atoms with Crippen molar-refractivity contribution in [2.75, 3.05) is 32.8 Å². The fraction of sp³-hybridized carbons (Fsp3) is 0.571. The molecule has 0 bridgehead atoms. The molecule has 17 heavy (non-hydrogen) atoms. The summed E-state index contributed by atoms with van der Waals surface area (Å²) >= 11 is 0. The second-order valence-electron chi connectivity index (χ2n) is 4.73. The van der Waals surface area contributed by atoms with Crippen LogP contribution in [0.25, 0.3) is 0 Å². The van der Waals surface area contributed by atoms with E-state index >= 15 is 0 Å². The number of nitrogens with two attached hydrogens (primary N) is 1. The van der Waals surface area contributed by atoms with Crippen molar-refractivity contribution in [3.05, 3.63) is 35.9 Å². The van der Waals surface area contributed by atoms with Gasteiger partial charge in [-0.25, -0.2) is 0 Å². The Labute approximate surface area is 103 Å². The van der Waals surface area contributed by atoms with Crippen LogP contribution in [-0.2, 0) is 4.74 Å². The molecule has 3 heteroatoms. The van der Waals surface area contributed by atoms with Gasteiger partial charge in [0.2, 0.25) is 0 Å². The maximum atomic E-state index is 5.83. The van der Waals surface area contributed by atoms with Gasteiger partial charge in [-0.2, -0.15) is 0 Å². The number of nitrogens with one attached hydrogen (secondary N) is 1. The fourth-order valence-corrected chi connectivity index (χ4v) is 2.27. The first kappa shape index (κ1) is 12.6. The quantitative estimate of drug-likeness (QED) is 0.781. The molecule has 1 aromatic carbocycles. The molecule has 1 aliphatic rings. The fourth-order valence-electron chi connectivity index (χ4n) is 2.27. The van der Waals surface area contributed by atoms with E-state index in [1.54, 1.807) is 0 Å². The van der Waals surface area contributed by atoms with Crippen LogP contribution in [0, 0.1) is 5.92 Å². The Hall–Kier alpha value is -0.900. The van der Waals surface area contributed by atoms with Gasteiger partial charge in [-0.15, -0.1) is 0 Å². The van der Waals surface area contributed by atoms with E-state index in [0.29, 0.717) is 18.4 Å². The Kier molecular flexibility index (Phi) is 4.98. The lowest BCUT2D eigenvalue weighted by Gasteiger charge is -2.17. The van der Waals surface area contributed by atoms with Crippen LogP contribution in [0.4, 0.5) is 0 Å². The molecule has 3 N–H and O–H groups in total. The molecule has 1 aromatic rings. The highest BCUT2D eigenvalue weighted by atomic mass is 16.5. The standard InChI is InChI=1S/C14H22N2O/c15-8-14(13-4-2-1-3-5-13)10-16-9-12-6-7-17-11-12/h1-5,12,14,16H,6-11,15H2. The predicted molar refractivity (Wildman–Crippen MR) is 70.0 cm³/mol. The minimum atomic E-state index is 0.415. The molecule has 1 aliphatic heterocycles. The molecule has 94 valence electrons. The molecule has 0 radical (unpaired) electrons. The van der Waals surface area contributed by atoms with Gasteiger partial charge < -0.3 is 15.8 Å². The van der Waals surface area contributed by atoms with Crippen molar-refractivity contribution in [3.63, 3.8) is 0 Å². The lowest BCUT2D eigenvalue weighted by Crippen LogP contribution is -2.30. The summed E-state index contributed by atoms with van der Waals surface area (Å²) in [6.45, 7) is 4.52. The topological polar surface area (TPSA) is 47.3 Å². The monoisotopic (exact) mass is 234 g/mol. The number of ether oxygens (including phenoxy) is 1. The summed E-state index contributed by atoms with van der Waals surface area (Å²) in [7, 11) is 0. The van der Waals surface area contributed by atoms with Crippen molar-refractivity contribution in [1.82, 2.24) is 5.32 Å². The van der Waals surface area contributed by atoms with Gasteiger partial charge in [0.25, 0.3) is 0 Å². The molecular weight excluding hydrogens is 212 g/mol. The molecule has 1 saturated heterocycles. The van der Waals surface area contributed by atoms with Gasteiger partial charge in [0.15, 0.2) is 0 Å². The third-order valence-electron chi connectivity index (χ3n) is 3.40. The van der Waals surface area contributed by atoms with Gasteiger partial charge in [-0.3, -0.25) is 0 Å². The number of rotatable bonds is 6. The largest absolute Gasteiger partial charge is 0.381 e. The van der Waals surface area contributed by atoms with Crippen molar-refractivity contribution in [2.24, 2.45) is 11.7 Å². The molecule has 2 rings (SSSR count). The van der Waals surface area contributed by atoms with Crippen molar-refractivity contribution in [3.8, 4) is 0 Å². The van der Waals surface area contributed by atoms with Crippen LogP contribution >= 0.6 is 0 Å². The zero-order valence-electron chi connectivity index (χ0n) is 10.3. The average molecular weight is 234 g/mol. The highest BCUT2D eigenvalue weighted by Gasteiger charge is 2.16. The molecule has 3 nitrogen and oxygen atoms in total. The first-order valence-corrected chi connectivity index (χ1v) is 6.43. The summed E-state index contributed by atoms with van der Waals surface area (Å²) in [5.74, 6) is 1.10. The summed E-state index contributed by atoms with van der Waals surface area (Å²) in [4.78, 5) is 0. The summed E-state index contributed by atoms with van der Waals surface area (Å²) in [5.41, 5.74) is 7.16. The molecule has 0 amide bonds. The first-order valence-electron chi connectivity index (χ1n) is 6.43. The van der Waals surface area contributed by atoms with Crippen LogP contribution in [-0.4, -0.2) is 32.8 Å². The first-order chi connectivity index (χ1) is 8.40. The average Bonchev–Trinajstić information content (AvgIpc) is 2.89. The maximum absolute atomic E-state index is 5.83. The predicted octanol–water partition coefficient (Wildman–Crippen LogP) is 1.35. The van der Waals surface area contributed by atoms with Crippen LogP contribution in [0.1, 0.15) is 17.9 Å². The molecule has 1 fully saturated rings. The molecule has 0 aromatic heterocycles. The Morgan fingerprint density at radius 2 is 2.18 bits per heavy atom. The minimum absolute atomic E-state index is 0.415. The Morgan fingerprint density at radius 1 is 1.35 bits per heavy atom. The van der Waals surface area contributed by atoms with E-state index in [0.717, 1.165) is 26.3 Å². The lowest BCUT2D eigenvalue weighted by molar-refractivity contribution is 0.185. The van der Waals surface area contributed by atoms with Crippen LogP contribution in [0.2, 0.25) is 0 Å². The van der Waals surface area contributed by atoms with E-state index < -0.39 is 0 Å². The minimum Gasteiger partial charge on any atom is -0.381 e. The maximum Gasteiger partial charge on any atom is 0.0507 e.